The molecule has 2 aromatic rings. The van der Waals surface area contributed by atoms with Crippen LogP contribution in [0.5, 0.6) is 0 Å². The highest BCUT2D eigenvalue weighted by Gasteiger charge is 2.08. The van der Waals surface area contributed by atoms with Crippen LogP contribution in [0, 0.1) is 0 Å². The Morgan fingerprint density at radius 3 is 1.60 bits per heavy atom. The molecular formula is C19H21N3O3. The van der Waals surface area contributed by atoms with Crippen molar-refractivity contribution in [1.29, 1.82) is 0 Å². The minimum absolute atomic E-state index is 0.0300. The van der Waals surface area contributed by atoms with Gasteiger partial charge in [0.25, 0.3) is 5.91 Å². The van der Waals surface area contributed by atoms with Gasteiger partial charge in [0.1, 0.15) is 0 Å². The summed E-state index contributed by atoms with van der Waals surface area (Å²) in [5, 5.41) is 8.17. The van der Waals surface area contributed by atoms with Crippen LogP contribution in [0.15, 0.2) is 48.5 Å². The average molecular weight is 339 g/mol. The van der Waals surface area contributed by atoms with Gasteiger partial charge in [0.05, 0.1) is 0 Å². The summed E-state index contributed by atoms with van der Waals surface area (Å²) < 4.78 is 0. The number of hydrogen-bond donors (Lipinski definition) is 3. The van der Waals surface area contributed by atoms with Gasteiger partial charge >= 0.3 is 6.03 Å². The first kappa shape index (κ1) is 18.2. The van der Waals surface area contributed by atoms with E-state index in [1.165, 1.54) is 6.92 Å². The SMILES string of the molecule is CC(=O)c1ccc(NC(=O)Nc2ccc(C(=O)NC(C)C)cc2)cc1. The van der Waals surface area contributed by atoms with Crippen molar-refractivity contribution in [3.05, 3.63) is 59.7 Å². The smallest absolute Gasteiger partial charge is 0.323 e. The summed E-state index contributed by atoms with van der Waals surface area (Å²) in [6, 6.07) is 12.9. The lowest BCUT2D eigenvalue weighted by Gasteiger charge is -2.10. The Bertz CT molecular complexity index is 766. The van der Waals surface area contributed by atoms with Crippen LogP contribution in [0.2, 0.25) is 0 Å². The second-order valence-corrected chi connectivity index (χ2v) is 5.92. The number of nitrogens with one attached hydrogen (secondary N) is 3. The number of rotatable bonds is 5. The molecule has 0 atom stereocenters. The predicted octanol–water partition coefficient (Wildman–Crippen LogP) is 3.67. The summed E-state index contributed by atoms with van der Waals surface area (Å²) >= 11 is 0. The zero-order valence-electron chi connectivity index (χ0n) is 14.4. The van der Waals surface area contributed by atoms with Crippen LogP contribution in [0.4, 0.5) is 16.2 Å². The molecule has 2 rings (SSSR count). The van der Waals surface area contributed by atoms with Gasteiger partial charge in [0.2, 0.25) is 0 Å². The van der Waals surface area contributed by atoms with Gasteiger partial charge in [-0.25, -0.2) is 4.79 Å². The number of carbonyl (C=O) groups excluding carboxylic acids is 3. The summed E-state index contributed by atoms with van der Waals surface area (Å²) in [5.74, 6) is -0.186. The molecular weight excluding hydrogens is 318 g/mol. The van der Waals surface area contributed by atoms with Gasteiger partial charge in [0.15, 0.2) is 5.78 Å². The minimum atomic E-state index is -0.407. The number of carbonyl (C=O) groups is 3. The molecule has 0 bridgehead atoms. The quantitative estimate of drug-likeness (QED) is 0.726. The Morgan fingerprint density at radius 2 is 1.20 bits per heavy atom. The molecule has 0 aromatic heterocycles. The Kier molecular flexibility index (Phi) is 5.89. The second-order valence-electron chi connectivity index (χ2n) is 5.92. The van der Waals surface area contributed by atoms with Crippen molar-refractivity contribution < 1.29 is 14.4 Å². The molecule has 0 saturated heterocycles. The lowest BCUT2D eigenvalue weighted by atomic mass is 10.1. The summed E-state index contributed by atoms with van der Waals surface area (Å²) in [5.41, 5.74) is 2.26. The van der Waals surface area contributed by atoms with Crippen LogP contribution in [0.3, 0.4) is 0 Å². The Labute approximate surface area is 146 Å². The third-order valence-corrected chi connectivity index (χ3v) is 3.37. The predicted molar refractivity (Wildman–Crippen MR) is 98.1 cm³/mol. The standard InChI is InChI=1S/C19H21N3O3/c1-12(2)20-18(24)15-6-10-17(11-7-15)22-19(25)21-16-8-4-14(5-9-16)13(3)23/h4-12H,1-3H3,(H,20,24)(H2,21,22,25). The molecule has 3 N–H and O–H groups in total. The van der Waals surface area contributed by atoms with E-state index in [1.54, 1.807) is 48.5 Å². The molecule has 0 heterocycles. The van der Waals surface area contributed by atoms with E-state index < -0.39 is 6.03 Å². The van der Waals surface area contributed by atoms with E-state index in [2.05, 4.69) is 16.0 Å². The third kappa shape index (κ3) is 5.46. The Hall–Kier alpha value is -3.15. The van der Waals surface area contributed by atoms with E-state index in [1.807, 2.05) is 13.8 Å². The molecule has 0 radical (unpaired) electrons. The van der Waals surface area contributed by atoms with Crippen LogP contribution < -0.4 is 16.0 Å². The maximum Gasteiger partial charge on any atom is 0.323 e. The van der Waals surface area contributed by atoms with E-state index in [0.717, 1.165) is 0 Å². The number of urea groups is 1. The molecule has 0 unspecified atom stereocenters. The zero-order valence-corrected chi connectivity index (χ0v) is 14.4. The fourth-order valence-corrected chi connectivity index (χ4v) is 2.13. The van der Waals surface area contributed by atoms with Crippen molar-refractivity contribution in [3.8, 4) is 0 Å². The van der Waals surface area contributed by atoms with Gasteiger partial charge in [-0.05, 0) is 69.3 Å². The molecule has 2 aromatic carbocycles. The molecule has 0 spiro atoms. The van der Waals surface area contributed by atoms with Gasteiger partial charge in [-0.15, -0.1) is 0 Å². The summed E-state index contributed by atoms with van der Waals surface area (Å²) in [7, 11) is 0. The Morgan fingerprint density at radius 1 is 0.760 bits per heavy atom. The fourth-order valence-electron chi connectivity index (χ4n) is 2.13. The molecule has 0 fully saturated rings. The van der Waals surface area contributed by atoms with Crippen molar-refractivity contribution in [2.24, 2.45) is 0 Å². The van der Waals surface area contributed by atoms with Crippen molar-refractivity contribution in [2.75, 3.05) is 10.6 Å². The highest BCUT2D eigenvalue weighted by molar-refractivity contribution is 6.01. The lowest BCUT2D eigenvalue weighted by Crippen LogP contribution is -2.30. The molecule has 0 aliphatic rings. The van der Waals surface area contributed by atoms with E-state index in [9.17, 15) is 14.4 Å². The van der Waals surface area contributed by atoms with Gasteiger partial charge in [-0.3, -0.25) is 9.59 Å². The summed E-state index contributed by atoms with van der Waals surface area (Å²) in [6.45, 7) is 5.27. The second kappa shape index (κ2) is 8.10. The van der Waals surface area contributed by atoms with Crippen LogP contribution in [-0.4, -0.2) is 23.8 Å². The van der Waals surface area contributed by atoms with Gasteiger partial charge < -0.3 is 16.0 Å². The third-order valence-electron chi connectivity index (χ3n) is 3.37. The fraction of sp³-hybridized carbons (Fsp3) is 0.211. The van der Waals surface area contributed by atoms with Gasteiger partial charge in [0, 0.05) is 28.5 Å². The average Bonchev–Trinajstić information content (AvgIpc) is 2.55. The number of benzene rings is 2. The van der Waals surface area contributed by atoms with E-state index in [4.69, 9.17) is 0 Å². The maximum absolute atomic E-state index is 12.0. The highest BCUT2D eigenvalue weighted by Crippen LogP contribution is 2.13. The van der Waals surface area contributed by atoms with Crippen LogP contribution in [-0.2, 0) is 0 Å². The van der Waals surface area contributed by atoms with Crippen molar-refractivity contribution >= 4 is 29.1 Å². The molecule has 0 aliphatic heterocycles. The van der Waals surface area contributed by atoms with Gasteiger partial charge in [-0.1, -0.05) is 0 Å². The first-order valence-electron chi connectivity index (χ1n) is 7.95. The largest absolute Gasteiger partial charge is 0.350 e. The Balaban J connectivity index is 1.94. The van der Waals surface area contributed by atoms with E-state index in [0.29, 0.717) is 22.5 Å². The van der Waals surface area contributed by atoms with Gasteiger partial charge in [-0.2, -0.15) is 0 Å². The van der Waals surface area contributed by atoms with Crippen LogP contribution in [0.1, 0.15) is 41.5 Å². The van der Waals surface area contributed by atoms with E-state index >= 15 is 0 Å². The van der Waals surface area contributed by atoms with E-state index in [-0.39, 0.29) is 17.7 Å². The number of anilines is 2. The molecule has 130 valence electrons. The highest BCUT2D eigenvalue weighted by atomic mass is 16.2. The molecule has 6 heteroatoms. The first-order chi connectivity index (χ1) is 11.8. The molecule has 6 nitrogen and oxygen atoms in total. The molecule has 3 amide bonds. The summed E-state index contributed by atoms with van der Waals surface area (Å²) in [6.07, 6.45) is 0. The number of ketones is 1. The number of Topliss-reactive ketones (excluding diaryl/α,β-unsaturated/α-hetero) is 1. The monoisotopic (exact) mass is 339 g/mol. The summed E-state index contributed by atoms with van der Waals surface area (Å²) in [4.78, 5) is 35.1. The lowest BCUT2D eigenvalue weighted by molar-refractivity contribution is 0.0942. The van der Waals surface area contributed by atoms with Crippen LogP contribution >= 0.6 is 0 Å². The molecule has 0 aliphatic carbocycles. The van der Waals surface area contributed by atoms with Crippen molar-refractivity contribution in [1.82, 2.24) is 5.32 Å². The zero-order chi connectivity index (χ0) is 18.4. The van der Waals surface area contributed by atoms with Crippen LogP contribution in [0.25, 0.3) is 0 Å². The van der Waals surface area contributed by atoms with Crippen molar-refractivity contribution in [3.63, 3.8) is 0 Å². The normalized spacial score (nSPS) is 10.2. The number of hydrogen-bond acceptors (Lipinski definition) is 3. The van der Waals surface area contributed by atoms with Crippen molar-refractivity contribution in [2.45, 2.75) is 26.8 Å². The topological polar surface area (TPSA) is 87.3 Å². The molecule has 0 saturated carbocycles. The molecule has 25 heavy (non-hydrogen) atoms. The first-order valence-corrected chi connectivity index (χ1v) is 7.95. The minimum Gasteiger partial charge on any atom is -0.350 e. The number of amides is 3. The maximum atomic E-state index is 12.0.